The van der Waals surface area contributed by atoms with Crippen LogP contribution in [-0.2, 0) is 9.47 Å². The van der Waals surface area contributed by atoms with Gasteiger partial charge in [-0.3, -0.25) is 0 Å². The number of hydrogen-bond donors (Lipinski definition) is 9. The molecule has 0 radical (unpaired) electrons. The Hall–Kier alpha value is -0.860. The second-order valence-electron chi connectivity index (χ2n) is 13.6. The summed E-state index contributed by atoms with van der Waals surface area (Å²) in [5.41, 5.74) is -2.17. The zero-order valence-electron chi connectivity index (χ0n) is 25.4. The second-order valence-corrected chi connectivity index (χ2v) is 13.6. The van der Waals surface area contributed by atoms with Crippen molar-refractivity contribution < 1.29 is 55.4 Å². The van der Waals surface area contributed by atoms with Crippen molar-refractivity contribution in [2.45, 2.75) is 121 Å². The number of rotatable bonds is 11. The third kappa shape index (κ3) is 6.16. The highest BCUT2D eigenvalue weighted by Crippen LogP contribution is 2.58. The molecular formula is C31H54O11. The molecule has 4 rings (SSSR count). The molecule has 0 spiro atoms. The van der Waals surface area contributed by atoms with Gasteiger partial charge in [-0.2, -0.15) is 0 Å². The summed E-state index contributed by atoms with van der Waals surface area (Å²) in [5, 5.41) is 99.4. The Balaban J connectivity index is 1.59. The lowest BCUT2D eigenvalue weighted by atomic mass is 9.48. The fourth-order valence-corrected chi connectivity index (χ4v) is 9.17. The highest BCUT2D eigenvalue weighted by atomic mass is 16.6. The largest absolute Gasteiger partial charge is 0.512 e. The molecule has 0 aromatic heterocycles. The molecule has 0 aromatic rings. The van der Waals surface area contributed by atoms with Crippen LogP contribution in [0.25, 0.3) is 0 Å². The lowest BCUT2D eigenvalue weighted by Gasteiger charge is -2.61. The molecule has 9 N–H and O–H groups in total. The molecular weight excluding hydrogens is 548 g/mol. The summed E-state index contributed by atoms with van der Waals surface area (Å²) in [4.78, 5) is 0. The molecule has 3 fully saturated rings. The van der Waals surface area contributed by atoms with E-state index in [0.717, 1.165) is 0 Å². The number of fused-ring (bicyclic) bond motifs is 3. The Morgan fingerprint density at radius 3 is 2.17 bits per heavy atom. The van der Waals surface area contributed by atoms with E-state index in [1.165, 1.54) is 6.92 Å². The smallest absolute Gasteiger partial charge is 0.157 e. The number of hydrogen-bond acceptors (Lipinski definition) is 11. The van der Waals surface area contributed by atoms with Crippen molar-refractivity contribution >= 4 is 0 Å². The lowest BCUT2D eigenvalue weighted by Crippen LogP contribution is -2.70. The number of ether oxygens (including phenoxy) is 2. The van der Waals surface area contributed by atoms with Gasteiger partial charge in [-0.05, 0) is 77.0 Å². The van der Waals surface area contributed by atoms with Crippen molar-refractivity contribution in [2.24, 2.45) is 47.3 Å². The molecule has 0 aliphatic heterocycles. The van der Waals surface area contributed by atoms with Crippen LogP contribution in [-0.4, -0.2) is 108 Å². The predicted molar refractivity (Wildman–Crippen MR) is 151 cm³/mol. The summed E-state index contributed by atoms with van der Waals surface area (Å²) < 4.78 is 11.0. The van der Waals surface area contributed by atoms with Gasteiger partial charge in [0.1, 0.15) is 11.7 Å². The molecule has 0 heterocycles. The monoisotopic (exact) mass is 602 g/mol. The van der Waals surface area contributed by atoms with Crippen LogP contribution in [0.2, 0.25) is 0 Å². The Morgan fingerprint density at radius 1 is 0.905 bits per heavy atom. The Kier molecular flexibility index (Phi) is 11.0. The van der Waals surface area contributed by atoms with E-state index in [4.69, 9.17) is 9.47 Å². The van der Waals surface area contributed by atoms with Crippen molar-refractivity contribution in [3.8, 4) is 0 Å². The normalized spacial score (nSPS) is 43.9. The SMILES string of the molecule is CCOC(O)C(C)CC(CC1CCC(O)C2C(O)C3C(O)[C@]4(O)C(O)C(C(C)O)=C(O)C[C@@H]4C[C@@H]3CC12)C(O)OCC. The fraction of sp³-hybridized carbons (Fsp3) is 0.935. The van der Waals surface area contributed by atoms with E-state index in [1.54, 1.807) is 13.8 Å². The first kappa shape index (κ1) is 34.0. The minimum Gasteiger partial charge on any atom is -0.512 e. The van der Waals surface area contributed by atoms with Gasteiger partial charge < -0.3 is 55.4 Å². The highest BCUT2D eigenvalue weighted by molar-refractivity contribution is 5.30. The van der Waals surface area contributed by atoms with Gasteiger partial charge >= 0.3 is 0 Å². The van der Waals surface area contributed by atoms with E-state index in [0.29, 0.717) is 51.7 Å². The molecule has 11 heteroatoms. The first-order valence-electron chi connectivity index (χ1n) is 15.9. The number of allylic oxidation sites excluding steroid dienone is 1. The van der Waals surface area contributed by atoms with E-state index in [9.17, 15) is 46.0 Å². The highest BCUT2D eigenvalue weighted by Gasteiger charge is 2.65. The molecule has 13 unspecified atom stereocenters. The summed E-state index contributed by atoms with van der Waals surface area (Å²) >= 11 is 0. The maximum atomic E-state index is 11.7. The van der Waals surface area contributed by atoms with E-state index < -0.39 is 66.5 Å². The van der Waals surface area contributed by atoms with Crippen molar-refractivity contribution in [2.75, 3.05) is 13.2 Å². The summed E-state index contributed by atoms with van der Waals surface area (Å²) in [6, 6.07) is 0. The van der Waals surface area contributed by atoms with Gasteiger partial charge in [0.25, 0.3) is 0 Å². The molecule has 16 atom stereocenters. The molecule has 0 aromatic carbocycles. The number of aliphatic hydroxyl groups is 9. The molecule has 244 valence electrons. The van der Waals surface area contributed by atoms with Gasteiger partial charge in [-0.25, -0.2) is 0 Å². The lowest BCUT2D eigenvalue weighted by molar-refractivity contribution is -0.261. The number of aliphatic hydroxyl groups excluding tert-OH is 8. The summed E-state index contributed by atoms with van der Waals surface area (Å²) in [7, 11) is 0. The van der Waals surface area contributed by atoms with Gasteiger partial charge in [0.15, 0.2) is 12.6 Å². The second kappa shape index (κ2) is 13.6. The maximum absolute atomic E-state index is 11.7. The van der Waals surface area contributed by atoms with E-state index in [1.807, 2.05) is 6.92 Å². The van der Waals surface area contributed by atoms with Crippen LogP contribution in [0.5, 0.6) is 0 Å². The first-order valence-corrected chi connectivity index (χ1v) is 15.9. The van der Waals surface area contributed by atoms with Crippen molar-refractivity contribution in [3.05, 3.63) is 11.3 Å². The van der Waals surface area contributed by atoms with Gasteiger partial charge in [-0.15, -0.1) is 0 Å². The molecule has 0 bridgehead atoms. The topological polar surface area (TPSA) is 201 Å². The molecule has 4 aliphatic rings. The van der Waals surface area contributed by atoms with Crippen LogP contribution >= 0.6 is 0 Å². The third-order valence-corrected chi connectivity index (χ3v) is 11.2. The maximum Gasteiger partial charge on any atom is 0.157 e. The average molecular weight is 603 g/mol. The van der Waals surface area contributed by atoms with E-state index in [-0.39, 0.29) is 47.3 Å². The summed E-state index contributed by atoms with van der Waals surface area (Å²) in [5.74, 6) is -3.17. The third-order valence-electron chi connectivity index (χ3n) is 11.2. The zero-order valence-corrected chi connectivity index (χ0v) is 25.4. The fourth-order valence-electron chi connectivity index (χ4n) is 9.17. The summed E-state index contributed by atoms with van der Waals surface area (Å²) in [6.45, 7) is 7.54. The standard InChI is InChI=1S/C31H54O11/c1-5-41-29(38)14(3)9-18(30(39)42-6-2)10-16-7-8-21(33)25-20(16)12-17-11-19-13-22(34)23(15(4)32)27(36)31(19,40)28(37)24(17)26(25)35/h14-21,24-30,32-40H,5-13H2,1-4H3/t14?,15?,16?,17-,18?,19+,20?,21?,24?,25?,26?,27?,28?,29?,30?,31-/m1/s1. The molecule has 42 heavy (non-hydrogen) atoms. The van der Waals surface area contributed by atoms with Gasteiger partial charge in [-0.1, -0.05) is 6.92 Å². The van der Waals surface area contributed by atoms with E-state index >= 15 is 0 Å². The van der Waals surface area contributed by atoms with Crippen molar-refractivity contribution in [1.82, 2.24) is 0 Å². The molecule has 11 nitrogen and oxygen atoms in total. The quantitative estimate of drug-likeness (QED) is 0.152. The van der Waals surface area contributed by atoms with Crippen molar-refractivity contribution in [3.63, 3.8) is 0 Å². The van der Waals surface area contributed by atoms with Gasteiger partial charge in [0.2, 0.25) is 0 Å². The Labute approximate surface area is 248 Å². The van der Waals surface area contributed by atoms with Crippen LogP contribution < -0.4 is 0 Å². The molecule has 0 amide bonds. The van der Waals surface area contributed by atoms with Crippen LogP contribution in [0.15, 0.2) is 11.3 Å². The van der Waals surface area contributed by atoms with Crippen LogP contribution in [0, 0.1) is 47.3 Å². The molecule has 0 saturated heterocycles. The van der Waals surface area contributed by atoms with Crippen LogP contribution in [0.1, 0.15) is 72.6 Å². The average Bonchev–Trinajstić information content (AvgIpc) is 2.91. The zero-order chi connectivity index (χ0) is 31.1. The van der Waals surface area contributed by atoms with Crippen LogP contribution in [0.4, 0.5) is 0 Å². The first-order chi connectivity index (χ1) is 19.8. The van der Waals surface area contributed by atoms with E-state index in [2.05, 4.69) is 0 Å². The minimum absolute atomic E-state index is 0.00696. The molecule has 4 aliphatic carbocycles. The minimum atomic E-state index is -2.06. The van der Waals surface area contributed by atoms with Crippen LogP contribution in [0.3, 0.4) is 0 Å². The van der Waals surface area contributed by atoms with Gasteiger partial charge in [0, 0.05) is 54.8 Å². The van der Waals surface area contributed by atoms with Crippen molar-refractivity contribution in [1.29, 1.82) is 0 Å². The predicted octanol–water partition coefficient (Wildman–Crippen LogP) is 0.798. The molecule has 3 saturated carbocycles. The Bertz CT molecular complexity index is 929. The summed E-state index contributed by atoms with van der Waals surface area (Å²) in [6.07, 6.45) is -5.42. The Morgan fingerprint density at radius 2 is 1.55 bits per heavy atom. The van der Waals surface area contributed by atoms with Gasteiger partial charge in [0.05, 0.1) is 30.2 Å².